The summed E-state index contributed by atoms with van der Waals surface area (Å²) in [6, 6.07) is 11.7. The fourth-order valence-corrected chi connectivity index (χ4v) is 4.72. The van der Waals surface area contributed by atoms with Crippen molar-refractivity contribution in [3.63, 3.8) is 0 Å². The molecular formula is C25H33FN2O3. The van der Waals surface area contributed by atoms with Crippen LogP contribution in [-0.4, -0.2) is 56.9 Å². The van der Waals surface area contributed by atoms with E-state index in [1.54, 1.807) is 13.2 Å². The second-order valence-corrected chi connectivity index (χ2v) is 8.67. The zero-order chi connectivity index (χ0) is 21.6. The second-order valence-electron chi connectivity index (χ2n) is 8.67. The molecule has 0 aromatic heterocycles. The van der Waals surface area contributed by atoms with Gasteiger partial charge in [0.25, 0.3) is 0 Å². The van der Waals surface area contributed by atoms with Crippen molar-refractivity contribution in [3.05, 3.63) is 58.9 Å². The quantitative estimate of drug-likeness (QED) is 0.664. The van der Waals surface area contributed by atoms with Crippen LogP contribution in [0.1, 0.15) is 29.5 Å². The highest BCUT2D eigenvalue weighted by atomic mass is 19.1. The van der Waals surface area contributed by atoms with E-state index in [1.165, 1.54) is 37.1 Å². The SMILES string of the molecule is COCC1CCCN(Cc2ccc3c(c2)CN(Cc2ccc(F)c(OC)c2)CCO3)C1. The van der Waals surface area contributed by atoms with Crippen molar-refractivity contribution >= 4 is 0 Å². The molecule has 0 N–H and O–H groups in total. The largest absolute Gasteiger partial charge is 0.494 e. The molecule has 0 amide bonds. The van der Waals surface area contributed by atoms with Gasteiger partial charge < -0.3 is 14.2 Å². The molecule has 5 nitrogen and oxygen atoms in total. The molecule has 0 spiro atoms. The van der Waals surface area contributed by atoms with Crippen molar-refractivity contribution in [2.24, 2.45) is 5.92 Å². The van der Waals surface area contributed by atoms with E-state index in [-0.39, 0.29) is 5.82 Å². The van der Waals surface area contributed by atoms with E-state index in [4.69, 9.17) is 14.2 Å². The first kappa shape index (κ1) is 22.1. The number of piperidine rings is 1. The topological polar surface area (TPSA) is 34.2 Å². The van der Waals surface area contributed by atoms with Gasteiger partial charge in [-0.15, -0.1) is 0 Å². The fraction of sp³-hybridized carbons (Fsp3) is 0.520. The molecule has 0 aliphatic carbocycles. The number of fused-ring (bicyclic) bond motifs is 1. The average Bonchev–Trinajstić information content (AvgIpc) is 2.97. The Kier molecular flexibility index (Phi) is 7.43. The molecule has 31 heavy (non-hydrogen) atoms. The molecule has 0 radical (unpaired) electrons. The highest BCUT2D eigenvalue weighted by Crippen LogP contribution is 2.27. The molecular weight excluding hydrogens is 395 g/mol. The van der Waals surface area contributed by atoms with E-state index in [0.29, 0.717) is 18.3 Å². The van der Waals surface area contributed by atoms with Crippen molar-refractivity contribution in [2.45, 2.75) is 32.5 Å². The predicted octanol–water partition coefficient (Wildman–Crippen LogP) is 4.09. The van der Waals surface area contributed by atoms with E-state index in [1.807, 2.05) is 6.07 Å². The number of rotatable bonds is 7. The summed E-state index contributed by atoms with van der Waals surface area (Å²) in [5, 5.41) is 0. The highest BCUT2D eigenvalue weighted by Gasteiger charge is 2.21. The third kappa shape index (κ3) is 5.76. The summed E-state index contributed by atoms with van der Waals surface area (Å²) in [6.45, 7) is 7.07. The molecule has 0 bridgehead atoms. The zero-order valence-electron chi connectivity index (χ0n) is 18.6. The summed E-state index contributed by atoms with van der Waals surface area (Å²) >= 11 is 0. The summed E-state index contributed by atoms with van der Waals surface area (Å²) < 4.78 is 30.3. The van der Waals surface area contributed by atoms with Crippen LogP contribution < -0.4 is 9.47 Å². The van der Waals surface area contributed by atoms with Gasteiger partial charge in [0, 0.05) is 45.4 Å². The van der Waals surface area contributed by atoms with Crippen LogP contribution in [0.4, 0.5) is 4.39 Å². The fourth-order valence-electron chi connectivity index (χ4n) is 4.72. The maximum Gasteiger partial charge on any atom is 0.165 e. The third-order valence-electron chi connectivity index (χ3n) is 6.22. The lowest BCUT2D eigenvalue weighted by molar-refractivity contribution is 0.0873. The van der Waals surface area contributed by atoms with Crippen molar-refractivity contribution in [1.82, 2.24) is 9.80 Å². The molecule has 2 heterocycles. The molecule has 4 rings (SSSR count). The number of benzene rings is 2. The molecule has 2 aliphatic heterocycles. The van der Waals surface area contributed by atoms with Crippen LogP contribution in [0.15, 0.2) is 36.4 Å². The maximum absolute atomic E-state index is 13.7. The summed E-state index contributed by atoms with van der Waals surface area (Å²) in [4.78, 5) is 4.88. The Morgan fingerprint density at radius 2 is 1.84 bits per heavy atom. The summed E-state index contributed by atoms with van der Waals surface area (Å²) in [5.74, 6) is 1.57. The number of halogens is 1. The third-order valence-corrected chi connectivity index (χ3v) is 6.22. The van der Waals surface area contributed by atoms with E-state index < -0.39 is 0 Å². The monoisotopic (exact) mass is 428 g/mol. The minimum Gasteiger partial charge on any atom is -0.494 e. The summed E-state index contributed by atoms with van der Waals surface area (Å²) in [5.41, 5.74) is 3.58. The van der Waals surface area contributed by atoms with Gasteiger partial charge in [0.05, 0.1) is 13.7 Å². The van der Waals surface area contributed by atoms with Crippen LogP contribution in [0, 0.1) is 11.7 Å². The normalized spacial score (nSPS) is 20.0. The van der Waals surface area contributed by atoms with Gasteiger partial charge in [-0.25, -0.2) is 4.39 Å². The Morgan fingerprint density at radius 3 is 2.68 bits per heavy atom. The van der Waals surface area contributed by atoms with E-state index >= 15 is 0 Å². The van der Waals surface area contributed by atoms with Crippen molar-refractivity contribution < 1.29 is 18.6 Å². The van der Waals surface area contributed by atoms with Gasteiger partial charge in [-0.3, -0.25) is 9.80 Å². The molecule has 1 unspecified atom stereocenters. The van der Waals surface area contributed by atoms with E-state index in [9.17, 15) is 4.39 Å². The Hall–Kier alpha value is -2.15. The Balaban J connectivity index is 1.43. The number of methoxy groups -OCH3 is 2. The molecule has 1 fully saturated rings. The van der Waals surface area contributed by atoms with Crippen molar-refractivity contribution in [3.8, 4) is 11.5 Å². The minimum atomic E-state index is -0.328. The molecule has 6 heteroatoms. The maximum atomic E-state index is 13.7. The highest BCUT2D eigenvalue weighted by molar-refractivity contribution is 5.38. The summed E-state index contributed by atoms with van der Waals surface area (Å²) in [6.07, 6.45) is 2.49. The minimum absolute atomic E-state index is 0.291. The number of hydrogen-bond acceptors (Lipinski definition) is 5. The number of likely N-dealkylation sites (tertiary alicyclic amines) is 1. The number of ether oxygens (including phenoxy) is 3. The smallest absolute Gasteiger partial charge is 0.165 e. The van der Waals surface area contributed by atoms with Gasteiger partial charge in [-0.2, -0.15) is 0 Å². The first-order valence-corrected chi connectivity index (χ1v) is 11.1. The van der Waals surface area contributed by atoms with Gasteiger partial charge >= 0.3 is 0 Å². The van der Waals surface area contributed by atoms with Crippen molar-refractivity contribution in [1.29, 1.82) is 0 Å². The van der Waals surface area contributed by atoms with Crippen LogP contribution in [0.5, 0.6) is 11.5 Å². The molecule has 0 saturated carbocycles. The van der Waals surface area contributed by atoms with E-state index in [0.717, 1.165) is 57.2 Å². The molecule has 1 atom stereocenters. The molecule has 168 valence electrons. The lowest BCUT2D eigenvalue weighted by atomic mass is 9.98. The number of nitrogens with zero attached hydrogens (tertiary/aromatic N) is 2. The lowest BCUT2D eigenvalue weighted by Crippen LogP contribution is -2.36. The standard InChI is InChI=1S/C25H33FN2O3/c1-29-18-21-4-3-9-27(16-21)14-19-6-8-24-22(12-19)17-28(10-11-31-24)15-20-5-7-23(26)25(13-20)30-2/h5-8,12-13,21H,3-4,9-11,14-18H2,1-2H3. The molecule has 2 aliphatic rings. The van der Waals surface area contributed by atoms with Crippen molar-refractivity contribution in [2.75, 3.05) is 47.1 Å². The lowest BCUT2D eigenvalue weighted by Gasteiger charge is -2.32. The van der Waals surface area contributed by atoms with Crippen LogP contribution in [0.3, 0.4) is 0 Å². The van der Waals surface area contributed by atoms with Gasteiger partial charge in [0.15, 0.2) is 11.6 Å². The van der Waals surface area contributed by atoms with Gasteiger partial charge in [-0.05, 0) is 60.7 Å². The van der Waals surface area contributed by atoms with Gasteiger partial charge in [0.1, 0.15) is 12.4 Å². The first-order chi connectivity index (χ1) is 15.1. The molecule has 2 aromatic rings. The Morgan fingerprint density at radius 1 is 1.03 bits per heavy atom. The Labute approximate surface area is 184 Å². The van der Waals surface area contributed by atoms with Crippen LogP contribution in [0.2, 0.25) is 0 Å². The van der Waals surface area contributed by atoms with Gasteiger partial charge in [0.2, 0.25) is 0 Å². The molecule has 1 saturated heterocycles. The van der Waals surface area contributed by atoms with Crippen LogP contribution in [-0.2, 0) is 24.4 Å². The first-order valence-electron chi connectivity index (χ1n) is 11.1. The Bertz CT molecular complexity index is 874. The predicted molar refractivity (Wildman–Crippen MR) is 119 cm³/mol. The zero-order valence-corrected chi connectivity index (χ0v) is 18.6. The van der Waals surface area contributed by atoms with Crippen LogP contribution >= 0.6 is 0 Å². The summed E-state index contributed by atoms with van der Waals surface area (Å²) in [7, 11) is 3.29. The number of hydrogen-bond donors (Lipinski definition) is 0. The second kappa shape index (κ2) is 10.4. The van der Waals surface area contributed by atoms with Gasteiger partial charge in [-0.1, -0.05) is 12.1 Å². The average molecular weight is 429 g/mol. The van der Waals surface area contributed by atoms with E-state index in [2.05, 4.69) is 28.0 Å². The van der Waals surface area contributed by atoms with Crippen LogP contribution in [0.25, 0.3) is 0 Å². The molecule has 2 aromatic carbocycles.